The largest absolute Gasteiger partial charge is 0.307 e. The van der Waals surface area contributed by atoms with Gasteiger partial charge in [0.25, 0.3) is 0 Å². The minimum atomic E-state index is -0.165. The van der Waals surface area contributed by atoms with Gasteiger partial charge >= 0.3 is 0 Å². The standard InChI is InChI=1S/C16H26FN/c1-5-16(14-8-10-15(17)11-9-14)18-13(4)7-6-12(2)3/h8-13,16,18H,5-7H2,1-4H3. The number of halogens is 1. The van der Waals surface area contributed by atoms with Crippen molar-refractivity contribution in [3.8, 4) is 0 Å². The smallest absolute Gasteiger partial charge is 0.123 e. The van der Waals surface area contributed by atoms with Crippen molar-refractivity contribution in [1.82, 2.24) is 5.32 Å². The van der Waals surface area contributed by atoms with Gasteiger partial charge in [0, 0.05) is 12.1 Å². The molecule has 1 rings (SSSR count). The van der Waals surface area contributed by atoms with E-state index in [1.54, 1.807) is 12.1 Å². The molecule has 0 aromatic heterocycles. The van der Waals surface area contributed by atoms with E-state index in [0.717, 1.165) is 12.3 Å². The fraction of sp³-hybridized carbons (Fsp3) is 0.625. The molecule has 0 heterocycles. The highest BCUT2D eigenvalue weighted by molar-refractivity contribution is 5.19. The van der Waals surface area contributed by atoms with Crippen molar-refractivity contribution in [2.24, 2.45) is 5.92 Å². The first-order chi connectivity index (χ1) is 8.52. The molecule has 1 aromatic rings. The van der Waals surface area contributed by atoms with E-state index in [-0.39, 0.29) is 5.82 Å². The van der Waals surface area contributed by atoms with Crippen LogP contribution >= 0.6 is 0 Å². The van der Waals surface area contributed by atoms with E-state index in [4.69, 9.17) is 0 Å². The average molecular weight is 251 g/mol. The highest BCUT2D eigenvalue weighted by Gasteiger charge is 2.12. The Morgan fingerprint density at radius 2 is 1.67 bits per heavy atom. The molecule has 0 aliphatic heterocycles. The first-order valence-electron chi connectivity index (χ1n) is 7.04. The molecule has 0 amide bonds. The molecule has 1 aromatic carbocycles. The van der Waals surface area contributed by atoms with Crippen LogP contribution in [0.4, 0.5) is 4.39 Å². The SMILES string of the molecule is CCC(NC(C)CCC(C)C)c1ccc(F)cc1. The number of benzene rings is 1. The van der Waals surface area contributed by atoms with E-state index in [9.17, 15) is 4.39 Å². The van der Waals surface area contributed by atoms with E-state index < -0.39 is 0 Å². The summed E-state index contributed by atoms with van der Waals surface area (Å²) < 4.78 is 12.9. The van der Waals surface area contributed by atoms with Crippen LogP contribution < -0.4 is 5.32 Å². The zero-order valence-electron chi connectivity index (χ0n) is 12.0. The molecule has 2 heteroatoms. The molecular formula is C16H26FN. The molecule has 102 valence electrons. The normalized spacial score (nSPS) is 14.8. The molecule has 18 heavy (non-hydrogen) atoms. The third-order valence-corrected chi connectivity index (χ3v) is 3.34. The van der Waals surface area contributed by atoms with Gasteiger partial charge < -0.3 is 5.32 Å². The molecular weight excluding hydrogens is 225 g/mol. The van der Waals surface area contributed by atoms with Gasteiger partial charge in [-0.3, -0.25) is 0 Å². The minimum Gasteiger partial charge on any atom is -0.307 e. The predicted molar refractivity (Wildman–Crippen MR) is 76.1 cm³/mol. The number of hydrogen-bond donors (Lipinski definition) is 1. The van der Waals surface area contributed by atoms with Gasteiger partial charge in [0.1, 0.15) is 5.82 Å². The lowest BCUT2D eigenvalue weighted by molar-refractivity contribution is 0.398. The summed E-state index contributed by atoms with van der Waals surface area (Å²) in [5.41, 5.74) is 1.18. The Labute approximate surface area is 111 Å². The lowest BCUT2D eigenvalue weighted by Gasteiger charge is -2.23. The van der Waals surface area contributed by atoms with Gasteiger partial charge in [-0.25, -0.2) is 4.39 Å². The second kappa shape index (κ2) is 7.52. The van der Waals surface area contributed by atoms with Gasteiger partial charge in [0.05, 0.1) is 0 Å². The van der Waals surface area contributed by atoms with E-state index in [1.807, 2.05) is 12.1 Å². The molecule has 0 spiro atoms. The summed E-state index contributed by atoms with van der Waals surface area (Å²) in [6.07, 6.45) is 3.46. The molecule has 1 nitrogen and oxygen atoms in total. The van der Waals surface area contributed by atoms with Gasteiger partial charge in [0.2, 0.25) is 0 Å². The van der Waals surface area contributed by atoms with Gasteiger partial charge in [-0.2, -0.15) is 0 Å². The fourth-order valence-electron chi connectivity index (χ4n) is 2.15. The molecule has 1 N–H and O–H groups in total. The summed E-state index contributed by atoms with van der Waals surface area (Å²) in [5.74, 6) is 0.585. The van der Waals surface area contributed by atoms with Crippen molar-refractivity contribution in [2.45, 2.75) is 59.0 Å². The Morgan fingerprint density at radius 1 is 1.06 bits per heavy atom. The van der Waals surface area contributed by atoms with Gasteiger partial charge in [-0.15, -0.1) is 0 Å². The van der Waals surface area contributed by atoms with Crippen LogP contribution in [0.25, 0.3) is 0 Å². The van der Waals surface area contributed by atoms with Crippen LogP contribution in [0.15, 0.2) is 24.3 Å². The summed E-state index contributed by atoms with van der Waals surface area (Å²) in [6, 6.07) is 7.67. The van der Waals surface area contributed by atoms with Crippen molar-refractivity contribution < 1.29 is 4.39 Å². The summed E-state index contributed by atoms with van der Waals surface area (Å²) >= 11 is 0. The highest BCUT2D eigenvalue weighted by Crippen LogP contribution is 2.19. The maximum Gasteiger partial charge on any atom is 0.123 e. The van der Waals surface area contributed by atoms with Gasteiger partial charge in [0.15, 0.2) is 0 Å². The first-order valence-corrected chi connectivity index (χ1v) is 7.04. The lowest BCUT2D eigenvalue weighted by Crippen LogP contribution is -2.30. The van der Waals surface area contributed by atoms with Crippen LogP contribution in [0.1, 0.15) is 58.6 Å². The monoisotopic (exact) mass is 251 g/mol. The molecule has 0 aliphatic rings. The Morgan fingerprint density at radius 3 is 2.17 bits per heavy atom. The predicted octanol–water partition coefficient (Wildman–Crippen LogP) is 4.69. The first kappa shape index (κ1) is 15.2. The van der Waals surface area contributed by atoms with Crippen LogP contribution in [0.2, 0.25) is 0 Å². The zero-order chi connectivity index (χ0) is 13.5. The van der Waals surface area contributed by atoms with Crippen molar-refractivity contribution in [1.29, 1.82) is 0 Å². The molecule has 0 saturated heterocycles. The van der Waals surface area contributed by atoms with Crippen LogP contribution in [0.3, 0.4) is 0 Å². The molecule has 0 radical (unpaired) electrons. The average Bonchev–Trinajstić information content (AvgIpc) is 2.34. The summed E-state index contributed by atoms with van der Waals surface area (Å²) in [4.78, 5) is 0. The van der Waals surface area contributed by atoms with Crippen molar-refractivity contribution in [2.75, 3.05) is 0 Å². The highest BCUT2D eigenvalue weighted by atomic mass is 19.1. The van der Waals surface area contributed by atoms with E-state index in [2.05, 4.69) is 33.0 Å². The van der Waals surface area contributed by atoms with Crippen LogP contribution in [-0.4, -0.2) is 6.04 Å². The quantitative estimate of drug-likeness (QED) is 0.741. The molecule has 0 aliphatic carbocycles. The van der Waals surface area contributed by atoms with E-state index >= 15 is 0 Å². The van der Waals surface area contributed by atoms with Gasteiger partial charge in [-0.1, -0.05) is 32.9 Å². The third-order valence-electron chi connectivity index (χ3n) is 3.34. The van der Waals surface area contributed by atoms with Crippen molar-refractivity contribution >= 4 is 0 Å². The Kier molecular flexibility index (Phi) is 6.34. The number of nitrogens with one attached hydrogen (secondary N) is 1. The van der Waals surface area contributed by atoms with Crippen LogP contribution in [0.5, 0.6) is 0 Å². The van der Waals surface area contributed by atoms with Gasteiger partial charge in [-0.05, 0) is 49.8 Å². The van der Waals surface area contributed by atoms with Crippen molar-refractivity contribution in [3.63, 3.8) is 0 Å². The fourth-order valence-corrected chi connectivity index (χ4v) is 2.15. The maximum absolute atomic E-state index is 12.9. The number of hydrogen-bond acceptors (Lipinski definition) is 1. The van der Waals surface area contributed by atoms with Crippen LogP contribution in [0, 0.1) is 11.7 Å². The van der Waals surface area contributed by atoms with Crippen molar-refractivity contribution in [3.05, 3.63) is 35.6 Å². The second-order valence-corrected chi connectivity index (χ2v) is 5.55. The Balaban J connectivity index is 2.53. The minimum absolute atomic E-state index is 0.165. The summed E-state index contributed by atoms with van der Waals surface area (Å²) in [7, 11) is 0. The number of rotatable bonds is 7. The van der Waals surface area contributed by atoms with E-state index in [1.165, 1.54) is 18.4 Å². The molecule has 0 bridgehead atoms. The Hall–Kier alpha value is -0.890. The van der Waals surface area contributed by atoms with Crippen LogP contribution in [-0.2, 0) is 0 Å². The zero-order valence-corrected chi connectivity index (χ0v) is 12.0. The maximum atomic E-state index is 12.9. The molecule has 2 atom stereocenters. The Bertz CT molecular complexity index is 331. The molecule has 0 saturated carbocycles. The summed E-state index contributed by atoms with van der Waals surface area (Å²) in [5, 5.41) is 3.64. The third kappa shape index (κ3) is 5.18. The lowest BCUT2D eigenvalue weighted by atomic mass is 10.0. The second-order valence-electron chi connectivity index (χ2n) is 5.55. The molecule has 0 fully saturated rings. The topological polar surface area (TPSA) is 12.0 Å². The molecule has 2 unspecified atom stereocenters. The summed E-state index contributed by atoms with van der Waals surface area (Å²) in [6.45, 7) is 8.90. The van der Waals surface area contributed by atoms with E-state index in [0.29, 0.717) is 12.1 Å².